The van der Waals surface area contributed by atoms with Crippen molar-refractivity contribution in [2.75, 3.05) is 7.11 Å². The number of hydrogen-bond donors (Lipinski definition) is 0. The van der Waals surface area contributed by atoms with E-state index in [0.29, 0.717) is 12.8 Å². The van der Waals surface area contributed by atoms with E-state index in [-0.39, 0.29) is 23.1 Å². The van der Waals surface area contributed by atoms with Crippen molar-refractivity contribution in [3.8, 4) is 0 Å². The normalized spacial score (nSPS) is 19.3. The summed E-state index contributed by atoms with van der Waals surface area (Å²) in [6, 6.07) is 0. The Morgan fingerprint density at radius 3 is 2.40 bits per heavy atom. The number of hydrogen-bond acceptors (Lipinski definition) is 5. The predicted octanol–water partition coefficient (Wildman–Crippen LogP) is -0.146. The molecular weight excluding hydrogens is 293 g/mol. The van der Waals surface area contributed by atoms with Crippen LogP contribution in [0.2, 0.25) is 0 Å². The molecule has 0 spiro atoms. The van der Waals surface area contributed by atoms with Crippen molar-refractivity contribution >= 4 is 11.8 Å². The topological polar surface area (TPSA) is 109 Å². The fraction of sp³-hybridized carbons (Fsp3) is 0.750. The molecule has 90 valence electrons. The summed E-state index contributed by atoms with van der Waals surface area (Å²) in [7, 11) is 1.36. The van der Waals surface area contributed by atoms with E-state index in [9.17, 15) is 9.59 Å². The Morgan fingerprint density at radius 2 is 2.00 bits per heavy atom. The first-order chi connectivity index (χ1) is 6.65. The van der Waals surface area contributed by atoms with E-state index in [2.05, 4.69) is 4.74 Å². The van der Waals surface area contributed by atoms with Gasteiger partial charge in [-0.1, -0.05) is 0 Å². The molecule has 1 unspecified atom stereocenters. The molecule has 0 heterocycles. The maximum atomic E-state index is 10.9. The van der Waals surface area contributed by atoms with Crippen molar-refractivity contribution in [1.82, 2.24) is 0 Å². The van der Waals surface area contributed by atoms with E-state index < -0.39 is 17.0 Å². The molecule has 1 saturated carbocycles. The third-order valence-electron chi connectivity index (χ3n) is 2.02. The van der Waals surface area contributed by atoms with Crippen molar-refractivity contribution < 1.29 is 44.0 Å². The van der Waals surface area contributed by atoms with Crippen molar-refractivity contribution in [3.05, 3.63) is 0 Å². The van der Waals surface area contributed by atoms with Crippen LogP contribution in [0.25, 0.3) is 0 Å². The fourth-order valence-electron chi connectivity index (χ4n) is 1.39. The first-order valence-corrected chi connectivity index (χ1v) is 5.54. The van der Waals surface area contributed by atoms with Crippen LogP contribution in [0.15, 0.2) is 0 Å². The molecule has 0 amide bonds. The molecule has 0 aromatic heterocycles. The van der Waals surface area contributed by atoms with Crippen LogP contribution in [-0.4, -0.2) is 24.3 Å². The van der Waals surface area contributed by atoms with E-state index in [1.165, 1.54) is 7.11 Å². The number of carbonyl (C=O) groups excluding carboxylic acids is 2. The second-order valence-electron chi connectivity index (χ2n) is 2.91. The third kappa shape index (κ3) is 7.28. The molecule has 6 nitrogen and oxygen atoms in total. The van der Waals surface area contributed by atoms with E-state index in [4.69, 9.17) is 7.15 Å². The van der Waals surface area contributed by atoms with E-state index in [1.54, 1.807) is 0 Å². The van der Waals surface area contributed by atoms with Crippen molar-refractivity contribution in [2.45, 2.75) is 25.7 Å². The van der Waals surface area contributed by atoms with E-state index in [0.717, 1.165) is 12.8 Å². The summed E-state index contributed by atoms with van der Waals surface area (Å²) in [5, 5.41) is 0. The Balaban J connectivity index is 0. The third-order valence-corrected chi connectivity index (χ3v) is 2.02. The summed E-state index contributed by atoms with van der Waals surface area (Å²) in [6.45, 7) is 0. The Morgan fingerprint density at radius 1 is 1.47 bits per heavy atom. The molecule has 1 aliphatic carbocycles. The van der Waals surface area contributed by atoms with Gasteiger partial charge in [0, 0.05) is 12.8 Å². The van der Waals surface area contributed by atoms with Crippen LogP contribution in [0.1, 0.15) is 25.7 Å². The zero-order valence-electron chi connectivity index (χ0n) is 8.30. The molecule has 0 bridgehead atoms. The summed E-state index contributed by atoms with van der Waals surface area (Å²) in [5.74, 6) is -0.217. The summed E-state index contributed by atoms with van der Waals surface area (Å²) in [6.07, 6.45) is 2.65. The van der Waals surface area contributed by atoms with Crippen LogP contribution in [0.4, 0.5) is 0 Å². The van der Waals surface area contributed by atoms with Gasteiger partial charge in [0.25, 0.3) is 0 Å². The van der Waals surface area contributed by atoms with Crippen LogP contribution < -0.4 is 0 Å². The van der Waals surface area contributed by atoms with Gasteiger partial charge in [-0.2, -0.15) is 0 Å². The first-order valence-electron chi connectivity index (χ1n) is 4.12. The van der Waals surface area contributed by atoms with Gasteiger partial charge < -0.3 is 10.2 Å². The fourth-order valence-corrected chi connectivity index (χ4v) is 1.39. The zero-order chi connectivity index (χ0) is 11.0. The average molecular weight is 307 g/mol. The zero-order valence-corrected chi connectivity index (χ0v) is 10.0. The number of esters is 1. The van der Waals surface area contributed by atoms with Gasteiger partial charge in [-0.3, -0.25) is 9.59 Å². The number of carbonyl (C=O) groups is 2. The molecule has 0 radical (unpaired) electrons. The van der Waals surface area contributed by atoms with Crippen LogP contribution in [0, 0.1) is 5.92 Å². The van der Waals surface area contributed by atoms with Crippen molar-refractivity contribution in [1.29, 1.82) is 0 Å². The Kier molecular flexibility index (Phi) is 11.0. The number of rotatable bonds is 1. The molecular formula is C8H14O6Ru. The molecule has 1 fully saturated rings. The summed E-state index contributed by atoms with van der Waals surface area (Å²) in [4.78, 5) is 21.8. The number of ether oxygens (including phenoxy) is 1. The molecule has 0 saturated heterocycles. The van der Waals surface area contributed by atoms with Gasteiger partial charge in [0.15, 0.2) is 0 Å². The molecule has 15 heavy (non-hydrogen) atoms. The minimum absolute atomic E-state index is 0. The second kappa shape index (κ2) is 9.86. The summed E-state index contributed by atoms with van der Waals surface area (Å²) < 4.78 is 21.5. The van der Waals surface area contributed by atoms with Crippen molar-refractivity contribution in [2.24, 2.45) is 5.92 Å². The molecule has 0 aromatic carbocycles. The molecule has 0 aliphatic heterocycles. The molecule has 2 N–H and O–H groups in total. The number of ketones is 1. The van der Waals surface area contributed by atoms with Gasteiger partial charge in [-0.15, -0.1) is 0 Å². The number of Topliss-reactive ketones (excluding diaryl/α,β-unsaturated/α-hetero) is 1. The average Bonchev–Trinajstić information content (AvgIpc) is 2.18. The van der Waals surface area contributed by atoms with Gasteiger partial charge in [0.2, 0.25) is 0 Å². The summed E-state index contributed by atoms with van der Waals surface area (Å²) >= 11 is -1.79. The van der Waals surface area contributed by atoms with Crippen LogP contribution >= 0.6 is 0 Å². The van der Waals surface area contributed by atoms with Crippen LogP contribution in [0.5, 0.6) is 0 Å². The Bertz CT molecular complexity index is 246. The second-order valence-corrected chi connectivity index (χ2v) is 3.20. The maximum absolute atomic E-state index is 10.9. The molecule has 7 heteroatoms. The monoisotopic (exact) mass is 308 g/mol. The minimum atomic E-state index is -1.79. The quantitative estimate of drug-likeness (QED) is 0.494. The molecule has 0 aromatic rings. The first kappa shape index (κ1) is 16.7. The van der Waals surface area contributed by atoms with Crippen LogP contribution in [-0.2, 0) is 38.5 Å². The van der Waals surface area contributed by atoms with Gasteiger partial charge in [0.1, 0.15) is 5.78 Å². The van der Waals surface area contributed by atoms with Gasteiger partial charge in [-0.25, -0.2) is 0 Å². The van der Waals surface area contributed by atoms with Crippen LogP contribution in [0.3, 0.4) is 0 Å². The van der Waals surface area contributed by atoms with Crippen molar-refractivity contribution in [3.63, 3.8) is 0 Å². The SMILES string of the molecule is COC(=O)C1CCCC(=O)C1.O.[O]=[Ru]=[O]. The Hall–Kier alpha value is -0.677. The van der Waals surface area contributed by atoms with Gasteiger partial charge in [-0.05, 0) is 12.8 Å². The van der Waals surface area contributed by atoms with E-state index >= 15 is 0 Å². The number of methoxy groups -OCH3 is 1. The van der Waals surface area contributed by atoms with Gasteiger partial charge >= 0.3 is 30.1 Å². The summed E-state index contributed by atoms with van der Waals surface area (Å²) in [5.41, 5.74) is 0. The molecule has 1 rings (SSSR count). The van der Waals surface area contributed by atoms with Gasteiger partial charge in [0.05, 0.1) is 13.0 Å². The van der Waals surface area contributed by atoms with E-state index in [1.807, 2.05) is 0 Å². The standard InChI is InChI=1S/C8H12O3.H2O.2O.Ru/c1-11-8(10)6-3-2-4-7(9)5-6;;;;/h6H,2-5H2,1H3;1H2;;;. The Labute approximate surface area is 94.8 Å². The molecule has 1 atom stereocenters. The molecule has 1 aliphatic rings. The predicted molar refractivity (Wildman–Crippen MR) is 44.0 cm³/mol.